The van der Waals surface area contributed by atoms with Gasteiger partial charge >= 0.3 is 0 Å². The highest BCUT2D eigenvalue weighted by Crippen LogP contribution is 2.29. The summed E-state index contributed by atoms with van der Waals surface area (Å²) in [6, 6.07) is 0.579. The quantitative estimate of drug-likeness (QED) is 0.753. The van der Waals surface area contributed by atoms with E-state index in [1.165, 1.54) is 12.8 Å². The highest BCUT2D eigenvalue weighted by molar-refractivity contribution is 7.80. The largest absolute Gasteiger partial charge is 0.388 e. The highest BCUT2D eigenvalue weighted by Gasteiger charge is 2.29. The van der Waals surface area contributed by atoms with Crippen LogP contribution >= 0.6 is 12.2 Å². The van der Waals surface area contributed by atoms with Gasteiger partial charge in [0.15, 0.2) is 0 Å². The Morgan fingerprint density at radius 3 is 2.76 bits per heavy atom. The lowest BCUT2D eigenvalue weighted by atomic mass is 10.4. The number of methoxy groups -OCH3 is 1. The fraction of sp³-hybridized carbons (Fsp3) is 0.545. The van der Waals surface area contributed by atoms with Crippen molar-refractivity contribution in [2.45, 2.75) is 18.9 Å². The number of hydrogen-bond donors (Lipinski definition) is 1. The van der Waals surface area contributed by atoms with Crippen LogP contribution in [0.2, 0.25) is 0 Å². The Labute approximate surface area is 106 Å². The molecule has 0 unspecified atom stereocenters. The molecule has 2 N–H and O–H groups in total. The van der Waals surface area contributed by atoms with Crippen LogP contribution in [0.4, 0.5) is 5.82 Å². The first-order valence-electron chi connectivity index (χ1n) is 5.60. The first-order valence-corrected chi connectivity index (χ1v) is 6.00. The molecule has 17 heavy (non-hydrogen) atoms. The van der Waals surface area contributed by atoms with E-state index < -0.39 is 0 Å². The van der Waals surface area contributed by atoms with Gasteiger partial charge in [0.1, 0.15) is 16.5 Å². The van der Waals surface area contributed by atoms with E-state index in [9.17, 15) is 0 Å². The van der Waals surface area contributed by atoms with Crippen molar-refractivity contribution in [1.29, 1.82) is 0 Å². The van der Waals surface area contributed by atoms with Gasteiger partial charge in [-0.15, -0.1) is 0 Å². The Kier molecular flexibility index (Phi) is 3.86. The van der Waals surface area contributed by atoms with Crippen molar-refractivity contribution < 1.29 is 4.74 Å². The third-order valence-electron chi connectivity index (χ3n) is 2.71. The van der Waals surface area contributed by atoms with Crippen LogP contribution in [0.1, 0.15) is 18.5 Å². The molecule has 5 nitrogen and oxygen atoms in total. The van der Waals surface area contributed by atoms with Gasteiger partial charge in [0, 0.05) is 19.7 Å². The molecule has 0 radical (unpaired) electrons. The van der Waals surface area contributed by atoms with Crippen LogP contribution in [-0.2, 0) is 4.74 Å². The zero-order chi connectivity index (χ0) is 12.3. The van der Waals surface area contributed by atoms with Crippen LogP contribution < -0.4 is 10.6 Å². The van der Waals surface area contributed by atoms with E-state index in [2.05, 4.69) is 14.9 Å². The molecular weight excluding hydrogens is 236 g/mol. The lowest BCUT2D eigenvalue weighted by Crippen LogP contribution is -2.30. The summed E-state index contributed by atoms with van der Waals surface area (Å²) in [5, 5.41) is 0. The maximum atomic E-state index is 5.49. The summed E-state index contributed by atoms with van der Waals surface area (Å²) in [4.78, 5) is 11.1. The fourth-order valence-corrected chi connectivity index (χ4v) is 1.76. The monoisotopic (exact) mass is 252 g/mol. The first kappa shape index (κ1) is 12.2. The maximum absolute atomic E-state index is 5.49. The maximum Gasteiger partial charge on any atom is 0.147 e. The molecule has 1 fully saturated rings. The summed E-state index contributed by atoms with van der Waals surface area (Å²) >= 11 is 4.85. The number of nitrogens with two attached hydrogens (primary N) is 1. The number of thiocarbonyl (C=S) groups is 1. The molecule has 1 aromatic rings. The molecule has 6 heteroatoms. The van der Waals surface area contributed by atoms with Crippen LogP contribution in [0.25, 0.3) is 0 Å². The second-order valence-electron chi connectivity index (χ2n) is 4.04. The van der Waals surface area contributed by atoms with Crippen molar-refractivity contribution in [1.82, 2.24) is 9.97 Å². The van der Waals surface area contributed by atoms with Gasteiger partial charge in [0.2, 0.25) is 0 Å². The topological polar surface area (TPSA) is 64.3 Å². The van der Waals surface area contributed by atoms with Crippen LogP contribution in [0.15, 0.2) is 12.4 Å². The summed E-state index contributed by atoms with van der Waals surface area (Å²) in [6.07, 6.45) is 5.77. The average molecular weight is 252 g/mol. The average Bonchev–Trinajstić information content (AvgIpc) is 3.14. The van der Waals surface area contributed by atoms with Crippen molar-refractivity contribution in [2.75, 3.05) is 25.2 Å². The smallest absolute Gasteiger partial charge is 0.147 e. The van der Waals surface area contributed by atoms with Gasteiger partial charge in [-0.3, -0.25) is 0 Å². The molecule has 92 valence electrons. The normalized spacial score (nSPS) is 14.6. The van der Waals surface area contributed by atoms with Gasteiger partial charge in [0.05, 0.1) is 19.0 Å². The second-order valence-corrected chi connectivity index (χ2v) is 4.48. The van der Waals surface area contributed by atoms with E-state index in [1.54, 1.807) is 19.5 Å². The van der Waals surface area contributed by atoms with E-state index in [0.29, 0.717) is 18.3 Å². The van der Waals surface area contributed by atoms with Crippen molar-refractivity contribution in [3.63, 3.8) is 0 Å². The third kappa shape index (κ3) is 3.10. The first-order chi connectivity index (χ1) is 8.22. The fourth-order valence-electron chi connectivity index (χ4n) is 1.66. The standard InChI is InChI=1S/C11H16N4OS/c1-16-5-4-15(8-2-3-8)10-7-13-9(6-14-10)11(12)17/h6-8H,2-5H2,1H3,(H2,12,17). The van der Waals surface area contributed by atoms with Crippen LogP contribution in [0.5, 0.6) is 0 Å². The van der Waals surface area contributed by atoms with E-state index in [1.807, 2.05) is 0 Å². The molecular formula is C11H16N4OS. The summed E-state index contributed by atoms with van der Waals surface area (Å²) in [5.74, 6) is 0.865. The van der Waals surface area contributed by atoms with Gasteiger partial charge in [0.25, 0.3) is 0 Å². The van der Waals surface area contributed by atoms with Crippen molar-refractivity contribution in [3.8, 4) is 0 Å². The molecule has 1 saturated carbocycles. The van der Waals surface area contributed by atoms with Crippen molar-refractivity contribution >= 4 is 23.0 Å². The number of hydrogen-bond acceptors (Lipinski definition) is 5. The molecule has 0 saturated heterocycles. The van der Waals surface area contributed by atoms with Crippen molar-refractivity contribution in [3.05, 3.63) is 18.1 Å². The Morgan fingerprint density at radius 2 is 2.29 bits per heavy atom. The zero-order valence-corrected chi connectivity index (χ0v) is 10.6. The summed E-state index contributed by atoms with van der Waals surface area (Å²) < 4.78 is 5.10. The lowest BCUT2D eigenvalue weighted by Gasteiger charge is -2.22. The van der Waals surface area contributed by atoms with Crippen LogP contribution in [0, 0.1) is 0 Å². The minimum atomic E-state index is 0.277. The van der Waals surface area contributed by atoms with E-state index in [-0.39, 0.29) is 4.99 Å². The number of nitrogens with zero attached hydrogens (tertiary/aromatic N) is 3. The second kappa shape index (κ2) is 5.37. The Hall–Kier alpha value is -1.27. The Bertz CT molecular complexity index is 391. The van der Waals surface area contributed by atoms with Crippen molar-refractivity contribution in [2.24, 2.45) is 5.73 Å². The van der Waals surface area contributed by atoms with Gasteiger partial charge in [-0.05, 0) is 12.8 Å². The molecule has 0 amide bonds. The molecule has 0 bridgehead atoms. The summed E-state index contributed by atoms with van der Waals surface area (Å²) in [7, 11) is 1.70. The molecule has 0 aromatic carbocycles. The molecule has 1 heterocycles. The Balaban J connectivity index is 2.09. The van der Waals surface area contributed by atoms with E-state index >= 15 is 0 Å². The molecule has 0 aliphatic heterocycles. The summed E-state index contributed by atoms with van der Waals surface area (Å²) in [6.45, 7) is 1.53. The van der Waals surface area contributed by atoms with Crippen LogP contribution in [-0.4, -0.2) is 41.3 Å². The molecule has 0 spiro atoms. The number of anilines is 1. The van der Waals surface area contributed by atoms with Gasteiger partial charge in [-0.25, -0.2) is 9.97 Å². The molecule has 2 rings (SSSR count). The number of aromatic nitrogens is 2. The Morgan fingerprint density at radius 1 is 1.53 bits per heavy atom. The van der Waals surface area contributed by atoms with Gasteiger partial charge in [-0.1, -0.05) is 12.2 Å². The zero-order valence-electron chi connectivity index (χ0n) is 9.80. The lowest BCUT2D eigenvalue weighted by molar-refractivity contribution is 0.204. The highest BCUT2D eigenvalue weighted by atomic mass is 32.1. The predicted octanol–water partition coefficient (Wildman–Crippen LogP) is 0.726. The minimum Gasteiger partial charge on any atom is -0.388 e. The third-order valence-corrected chi connectivity index (χ3v) is 2.92. The molecule has 1 aliphatic carbocycles. The molecule has 1 aliphatic rings. The predicted molar refractivity (Wildman–Crippen MR) is 70.2 cm³/mol. The molecule has 0 atom stereocenters. The van der Waals surface area contributed by atoms with E-state index in [0.717, 1.165) is 12.4 Å². The summed E-state index contributed by atoms with van der Waals surface area (Å²) in [5.41, 5.74) is 6.05. The van der Waals surface area contributed by atoms with Crippen LogP contribution in [0.3, 0.4) is 0 Å². The van der Waals surface area contributed by atoms with Gasteiger partial charge in [-0.2, -0.15) is 0 Å². The van der Waals surface area contributed by atoms with Gasteiger partial charge < -0.3 is 15.4 Å². The minimum absolute atomic E-state index is 0.277. The SMILES string of the molecule is COCCN(c1cnc(C(N)=S)cn1)C1CC1. The number of ether oxygens (including phenoxy) is 1. The van der Waals surface area contributed by atoms with E-state index in [4.69, 9.17) is 22.7 Å². The number of rotatable bonds is 6. The molecule has 1 aromatic heterocycles.